The molecule has 0 unspecified atom stereocenters. The fourth-order valence-corrected chi connectivity index (χ4v) is 2.00. The number of nitrogens with one attached hydrogen (secondary N) is 1. The average Bonchev–Trinajstić information content (AvgIpc) is 3.13. The van der Waals surface area contributed by atoms with E-state index in [2.05, 4.69) is 20.3 Å². The molecule has 0 saturated carbocycles. The van der Waals surface area contributed by atoms with Gasteiger partial charge in [0.1, 0.15) is 6.07 Å². The fraction of sp³-hybridized carbons (Fsp3) is 0.0714. The summed E-state index contributed by atoms with van der Waals surface area (Å²) in [6.45, 7) is 1.71. The number of benzene rings is 1. The van der Waals surface area contributed by atoms with Gasteiger partial charge in [-0.05, 0) is 6.92 Å². The van der Waals surface area contributed by atoms with Crippen molar-refractivity contribution in [3.8, 4) is 11.9 Å². The highest BCUT2D eigenvalue weighted by Crippen LogP contribution is 2.15. The second kappa shape index (κ2) is 5.02. The SMILES string of the molecule is Cc1c(C(=O)c2ccccc2)nnn1-c1nc[nH]c1C#N. The van der Waals surface area contributed by atoms with Crippen LogP contribution in [0.25, 0.3) is 5.82 Å². The van der Waals surface area contributed by atoms with Crippen molar-refractivity contribution in [2.75, 3.05) is 0 Å². The first-order valence-corrected chi connectivity index (χ1v) is 6.18. The van der Waals surface area contributed by atoms with Crippen LogP contribution in [0, 0.1) is 18.3 Å². The molecule has 0 bridgehead atoms. The van der Waals surface area contributed by atoms with Gasteiger partial charge in [0.05, 0.1) is 12.0 Å². The first-order chi connectivity index (χ1) is 10.2. The predicted molar refractivity (Wildman–Crippen MR) is 72.8 cm³/mol. The Morgan fingerprint density at radius 1 is 1.33 bits per heavy atom. The number of H-pyrrole nitrogens is 1. The molecule has 102 valence electrons. The number of imidazole rings is 1. The molecule has 0 aliphatic rings. The summed E-state index contributed by atoms with van der Waals surface area (Å²) in [5, 5.41) is 16.9. The second-order valence-electron chi connectivity index (χ2n) is 4.34. The van der Waals surface area contributed by atoms with E-state index in [1.54, 1.807) is 31.2 Å². The van der Waals surface area contributed by atoms with E-state index in [1.165, 1.54) is 11.0 Å². The topological polar surface area (TPSA) is 100 Å². The third-order valence-electron chi connectivity index (χ3n) is 3.08. The molecule has 0 saturated heterocycles. The van der Waals surface area contributed by atoms with Crippen molar-refractivity contribution in [2.24, 2.45) is 0 Å². The molecule has 0 amide bonds. The highest BCUT2D eigenvalue weighted by Gasteiger charge is 2.20. The first kappa shape index (κ1) is 12.7. The van der Waals surface area contributed by atoms with Crippen LogP contribution in [-0.4, -0.2) is 30.7 Å². The summed E-state index contributed by atoms with van der Waals surface area (Å²) in [5.74, 6) is 0.114. The molecule has 2 aromatic heterocycles. The van der Waals surface area contributed by atoms with Crippen LogP contribution in [0.2, 0.25) is 0 Å². The lowest BCUT2D eigenvalue weighted by atomic mass is 10.1. The molecule has 0 aliphatic carbocycles. The molecule has 0 aliphatic heterocycles. The maximum absolute atomic E-state index is 12.4. The number of hydrogen-bond donors (Lipinski definition) is 1. The first-order valence-electron chi connectivity index (χ1n) is 6.18. The van der Waals surface area contributed by atoms with Gasteiger partial charge in [-0.2, -0.15) is 9.94 Å². The number of carbonyl (C=O) groups excluding carboxylic acids is 1. The standard InChI is InChI=1S/C14H10N6O/c1-9-12(13(21)10-5-3-2-4-6-10)18-19-20(9)14-11(7-15)16-8-17-14/h2-6,8H,1H3,(H,16,17). The van der Waals surface area contributed by atoms with Gasteiger partial charge >= 0.3 is 0 Å². The number of aromatic nitrogens is 5. The van der Waals surface area contributed by atoms with Crippen LogP contribution in [0.4, 0.5) is 0 Å². The van der Waals surface area contributed by atoms with Crippen molar-refractivity contribution in [1.29, 1.82) is 5.26 Å². The Bertz CT molecular complexity index is 840. The van der Waals surface area contributed by atoms with E-state index < -0.39 is 0 Å². The maximum atomic E-state index is 12.4. The quantitative estimate of drug-likeness (QED) is 0.730. The number of aromatic amines is 1. The van der Waals surface area contributed by atoms with Gasteiger partial charge in [0.25, 0.3) is 0 Å². The number of carbonyl (C=O) groups is 1. The Morgan fingerprint density at radius 3 is 2.81 bits per heavy atom. The Morgan fingerprint density at radius 2 is 2.10 bits per heavy atom. The molecule has 0 spiro atoms. The van der Waals surface area contributed by atoms with Crippen molar-refractivity contribution < 1.29 is 4.79 Å². The van der Waals surface area contributed by atoms with Gasteiger partial charge in [0.15, 0.2) is 17.2 Å². The minimum atomic E-state index is -0.214. The van der Waals surface area contributed by atoms with E-state index in [0.29, 0.717) is 17.1 Å². The van der Waals surface area contributed by atoms with E-state index in [0.717, 1.165) is 0 Å². The van der Waals surface area contributed by atoms with Gasteiger partial charge < -0.3 is 4.98 Å². The number of ketones is 1. The Labute approximate surface area is 119 Å². The average molecular weight is 278 g/mol. The summed E-state index contributed by atoms with van der Waals surface area (Å²) in [6, 6.07) is 10.8. The lowest BCUT2D eigenvalue weighted by Gasteiger charge is -2.00. The molecular formula is C14H10N6O. The van der Waals surface area contributed by atoms with Gasteiger partial charge in [-0.3, -0.25) is 4.79 Å². The summed E-state index contributed by atoms with van der Waals surface area (Å²) in [5.41, 5.74) is 1.58. The lowest BCUT2D eigenvalue weighted by Crippen LogP contribution is -2.06. The van der Waals surface area contributed by atoms with Crippen molar-refractivity contribution in [3.63, 3.8) is 0 Å². The molecule has 2 heterocycles. The van der Waals surface area contributed by atoms with Gasteiger partial charge in [-0.15, -0.1) is 5.10 Å². The van der Waals surface area contributed by atoms with Crippen molar-refractivity contribution in [3.05, 3.63) is 59.3 Å². The minimum Gasteiger partial charge on any atom is -0.334 e. The van der Waals surface area contributed by atoms with E-state index in [9.17, 15) is 4.79 Å². The van der Waals surface area contributed by atoms with E-state index in [1.807, 2.05) is 12.1 Å². The third-order valence-corrected chi connectivity index (χ3v) is 3.08. The zero-order valence-corrected chi connectivity index (χ0v) is 11.1. The lowest BCUT2D eigenvalue weighted by molar-refractivity contribution is 0.103. The fourth-order valence-electron chi connectivity index (χ4n) is 2.00. The monoisotopic (exact) mass is 278 g/mol. The van der Waals surface area contributed by atoms with Gasteiger partial charge in [0.2, 0.25) is 5.78 Å². The molecule has 0 radical (unpaired) electrons. The molecule has 7 nitrogen and oxygen atoms in total. The molecule has 0 atom stereocenters. The van der Waals surface area contributed by atoms with Crippen molar-refractivity contribution >= 4 is 5.78 Å². The maximum Gasteiger partial charge on any atom is 0.215 e. The van der Waals surface area contributed by atoms with Crippen LogP contribution < -0.4 is 0 Å². The van der Waals surface area contributed by atoms with Crippen molar-refractivity contribution in [1.82, 2.24) is 25.0 Å². The van der Waals surface area contributed by atoms with E-state index >= 15 is 0 Å². The van der Waals surface area contributed by atoms with E-state index in [-0.39, 0.29) is 17.2 Å². The molecule has 0 fully saturated rings. The smallest absolute Gasteiger partial charge is 0.215 e. The largest absolute Gasteiger partial charge is 0.334 e. The zero-order chi connectivity index (χ0) is 14.8. The van der Waals surface area contributed by atoms with Crippen LogP contribution in [0.1, 0.15) is 27.4 Å². The Kier molecular flexibility index (Phi) is 3.04. The van der Waals surface area contributed by atoms with Crippen LogP contribution in [-0.2, 0) is 0 Å². The van der Waals surface area contributed by atoms with Crippen LogP contribution >= 0.6 is 0 Å². The van der Waals surface area contributed by atoms with Crippen LogP contribution in [0.3, 0.4) is 0 Å². The molecule has 21 heavy (non-hydrogen) atoms. The number of hydrogen-bond acceptors (Lipinski definition) is 5. The normalized spacial score (nSPS) is 10.3. The molecule has 1 N–H and O–H groups in total. The minimum absolute atomic E-state index is 0.214. The zero-order valence-electron chi connectivity index (χ0n) is 11.1. The highest BCUT2D eigenvalue weighted by atomic mass is 16.1. The summed E-state index contributed by atoms with van der Waals surface area (Å²) in [7, 11) is 0. The van der Waals surface area contributed by atoms with Crippen LogP contribution in [0.15, 0.2) is 36.7 Å². The summed E-state index contributed by atoms with van der Waals surface area (Å²) in [4.78, 5) is 19.1. The van der Waals surface area contributed by atoms with Gasteiger partial charge in [0, 0.05) is 5.56 Å². The Balaban J connectivity index is 2.05. The number of rotatable bonds is 3. The van der Waals surface area contributed by atoms with Crippen molar-refractivity contribution in [2.45, 2.75) is 6.92 Å². The van der Waals surface area contributed by atoms with Gasteiger partial charge in [-0.1, -0.05) is 35.5 Å². The molecule has 1 aromatic carbocycles. The number of nitriles is 1. The summed E-state index contributed by atoms with van der Waals surface area (Å²) >= 11 is 0. The van der Waals surface area contributed by atoms with Crippen LogP contribution in [0.5, 0.6) is 0 Å². The Hall–Kier alpha value is -3.27. The molecular weight excluding hydrogens is 268 g/mol. The molecule has 3 aromatic rings. The highest BCUT2D eigenvalue weighted by molar-refractivity contribution is 6.08. The van der Waals surface area contributed by atoms with Gasteiger partial charge in [-0.25, -0.2) is 4.98 Å². The number of nitrogens with zero attached hydrogens (tertiary/aromatic N) is 5. The predicted octanol–water partition coefficient (Wildman–Crippen LogP) is 1.40. The third kappa shape index (κ3) is 2.08. The molecule has 3 rings (SSSR count). The van der Waals surface area contributed by atoms with E-state index in [4.69, 9.17) is 5.26 Å². The molecule has 7 heteroatoms. The summed E-state index contributed by atoms with van der Waals surface area (Å²) < 4.78 is 1.38. The second-order valence-corrected chi connectivity index (χ2v) is 4.34. The summed E-state index contributed by atoms with van der Waals surface area (Å²) in [6.07, 6.45) is 1.40.